The molecule has 1 spiro atoms. The van der Waals surface area contributed by atoms with Crippen LogP contribution in [0, 0.1) is 11.3 Å². The number of pyridine rings is 1. The van der Waals surface area contributed by atoms with E-state index < -0.39 is 0 Å². The third kappa shape index (κ3) is 4.72. The second-order valence-corrected chi connectivity index (χ2v) is 12.3. The van der Waals surface area contributed by atoms with Gasteiger partial charge in [0.05, 0.1) is 6.04 Å². The summed E-state index contributed by atoms with van der Waals surface area (Å²) >= 11 is 0. The van der Waals surface area contributed by atoms with Crippen molar-refractivity contribution in [1.29, 1.82) is 0 Å². The fraction of sp³-hybridized carbons (Fsp3) is 0.500. The number of hydrogen-bond donors (Lipinski definition) is 2. The van der Waals surface area contributed by atoms with Gasteiger partial charge in [0.15, 0.2) is 5.82 Å². The van der Waals surface area contributed by atoms with Gasteiger partial charge in [-0.2, -0.15) is 4.98 Å². The standard InChI is InChI=1S/C30H35N5O3/c1-29(2,3)28-34-27(38-35-28)26(37)32-23-8-5-4-7-20-15-18(9-10-21(20)23)19-11-14-31-24(16-19)33-25(36)22-17-30(22)12-6-13-30/h9-11,14-16,22-23H,4-8,12-13,17H2,1-3H3,(H,32,37)(H,31,33,36)/t22-,23?/m1/s1. The van der Waals surface area contributed by atoms with Gasteiger partial charge >= 0.3 is 11.8 Å². The number of hydrogen-bond acceptors (Lipinski definition) is 6. The predicted octanol–water partition coefficient (Wildman–Crippen LogP) is 5.76. The Morgan fingerprint density at radius 3 is 2.58 bits per heavy atom. The van der Waals surface area contributed by atoms with Crippen molar-refractivity contribution in [2.75, 3.05) is 5.32 Å². The van der Waals surface area contributed by atoms with Gasteiger partial charge in [-0.15, -0.1) is 0 Å². The van der Waals surface area contributed by atoms with Crippen LogP contribution in [0.2, 0.25) is 0 Å². The molecule has 1 aromatic carbocycles. The molecule has 2 fully saturated rings. The minimum Gasteiger partial charge on any atom is -0.341 e. The summed E-state index contributed by atoms with van der Waals surface area (Å²) in [5.41, 5.74) is 4.43. The maximum absolute atomic E-state index is 13.0. The van der Waals surface area contributed by atoms with Crippen LogP contribution in [0.4, 0.5) is 5.82 Å². The van der Waals surface area contributed by atoms with Crippen molar-refractivity contribution in [3.8, 4) is 11.1 Å². The smallest absolute Gasteiger partial charge is 0.315 e. The molecule has 38 heavy (non-hydrogen) atoms. The molecule has 2 saturated carbocycles. The van der Waals surface area contributed by atoms with Crippen LogP contribution in [-0.4, -0.2) is 26.9 Å². The average Bonchev–Trinajstić information content (AvgIpc) is 3.51. The van der Waals surface area contributed by atoms with Gasteiger partial charge in [0.25, 0.3) is 0 Å². The number of carbonyl (C=O) groups is 2. The number of nitrogens with one attached hydrogen (secondary N) is 2. The Bertz CT molecular complexity index is 1380. The zero-order valence-corrected chi connectivity index (χ0v) is 22.3. The molecule has 0 saturated heterocycles. The molecule has 2 aromatic heterocycles. The van der Waals surface area contributed by atoms with E-state index in [4.69, 9.17) is 4.52 Å². The zero-order valence-electron chi connectivity index (χ0n) is 22.3. The second-order valence-electron chi connectivity index (χ2n) is 12.3. The van der Waals surface area contributed by atoms with E-state index in [9.17, 15) is 9.59 Å². The molecule has 3 aliphatic carbocycles. The van der Waals surface area contributed by atoms with Gasteiger partial charge in [-0.1, -0.05) is 57.0 Å². The van der Waals surface area contributed by atoms with Crippen LogP contribution >= 0.6 is 0 Å². The Morgan fingerprint density at radius 1 is 1.05 bits per heavy atom. The molecule has 2 atom stereocenters. The Morgan fingerprint density at radius 2 is 1.87 bits per heavy atom. The van der Waals surface area contributed by atoms with Gasteiger partial charge < -0.3 is 15.2 Å². The highest BCUT2D eigenvalue weighted by molar-refractivity contribution is 5.95. The van der Waals surface area contributed by atoms with Crippen LogP contribution in [0.1, 0.15) is 99.4 Å². The van der Waals surface area contributed by atoms with Crippen LogP contribution in [0.3, 0.4) is 0 Å². The first-order valence-corrected chi connectivity index (χ1v) is 13.8. The van der Waals surface area contributed by atoms with E-state index in [1.165, 1.54) is 24.8 Å². The van der Waals surface area contributed by atoms with Crippen molar-refractivity contribution in [1.82, 2.24) is 20.4 Å². The van der Waals surface area contributed by atoms with Crippen LogP contribution in [0.25, 0.3) is 11.1 Å². The SMILES string of the molecule is CC(C)(C)c1noc(C(=O)NC2CCCCc3cc(-c4ccnc(NC(=O)[C@H]5CC56CCC6)c4)ccc32)n1. The van der Waals surface area contributed by atoms with Crippen molar-refractivity contribution in [3.05, 3.63) is 59.4 Å². The zero-order chi connectivity index (χ0) is 26.5. The minimum atomic E-state index is -0.344. The molecule has 6 rings (SSSR count). The number of anilines is 1. The summed E-state index contributed by atoms with van der Waals surface area (Å²) in [7, 11) is 0. The largest absolute Gasteiger partial charge is 0.341 e. The molecule has 2 heterocycles. The van der Waals surface area contributed by atoms with E-state index in [1.54, 1.807) is 6.20 Å². The highest BCUT2D eigenvalue weighted by Crippen LogP contribution is 2.65. The van der Waals surface area contributed by atoms with Gasteiger partial charge in [0, 0.05) is 17.5 Å². The lowest BCUT2D eigenvalue weighted by Crippen LogP contribution is -2.29. The van der Waals surface area contributed by atoms with Crippen LogP contribution < -0.4 is 10.6 Å². The van der Waals surface area contributed by atoms with E-state index in [0.717, 1.165) is 48.8 Å². The summed E-state index contributed by atoms with van der Waals surface area (Å²) in [4.78, 5) is 34.4. The Labute approximate surface area is 223 Å². The Kier molecular flexibility index (Phi) is 6.08. The van der Waals surface area contributed by atoms with Crippen LogP contribution in [0.5, 0.6) is 0 Å². The van der Waals surface area contributed by atoms with E-state index in [0.29, 0.717) is 17.1 Å². The highest BCUT2D eigenvalue weighted by Gasteiger charge is 2.60. The van der Waals surface area contributed by atoms with Gasteiger partial charge in [-0.3, -0.25) is 9.59 Å². The van der Waals surface area contributed by atoms with Crippen molar-refractivity contribution in [3.63, 3.8) is 0 Å². The second kappa shape index (κ2) is 9.33. The van der Waals surface area contributed by atoms with E-state index in [-0.39, 0.29) is 35.1 Å². The molecule has 2 amide bonds. The van der Waals surface area contributed by atoms with Crippen molar-refractivity contribution in [2.24, 2.45) is 11.3 Å². The molecule has 198 valence electrons. The molecule has 1 unspecified atom stereocenters. The third-order valence-corrected chi connectivity index (χ3v) is 8.50. The number of carbonyl (C=O) groups excluding carboxylic acids is 2. The number of nitrogens with zero attached hydrogens (tertiary/aromatic N) is 3. The van der Waals surface area contributed by atoms with Crippen LogP contribution in [0.15, 0.2) is 41.1 Å². The quantitative estimate of drug-likeness (QED) is 0.420. The molecule has 3 aliphatic rings. The molecule has 2 N–H and O–H groups in total. The lowest BCUT2D eigenvalue weighted by molar-refractivity contribution is -0.118. The maximum Gasteiger partial charge on any atom is 0.315 e. The average molecular weight is 514 g/mol. The monoisotopic (exact) mass is 513 g/mol. The van der Waals surface area contributed by atoms with Crippen LogP contribution in [-0.2, 0) is 16.6 Å². The molecule has 8 heteroatoms. The van der Waals surface area contributed by atoms with Crippen molar-refractivity contribution < 1.29 is 14.1 Å². The number of aromatic nitrogens is 3. The molecule has 0 aliphatic heterocycles. The number of aryl methyl sites for hydroxylation is 1. The highest BCUT2D eigenvalue weighted by atomic mass is 16.5. The summed E-state index contributed by atoms with van der Waals surface area (Å²) in [6, 6.07) is 10.2. The fourth-order valence-corrected chi connectivity index (χ4v) is 5.95. The molecular weight excluding hydrogens is 478 g/mol. The summed E-state index contributed by atoms with van der Waals surface area (Å²) in [6.45, 7) is 5.95. The fourth-order valence-electron chi connectivity index (χ4n) is 5.95. The predicted molar refractivity (Wildman–Crippen MR) is 143 cm³/mol. The number of rotatable bonds is 5. The third-order valence-electron chi connectivity index (χ3n) is 8.50. The van der Waals surface area contributed by atoms with Gasteiger partial charge in [0.1, 0.15) is 5.82 Å². The van der Waals surface area contributed by atoms with Gasteiger partial charge in [0.2, 0.25) is 5.91 Å². The molecule has 0 radical (unpaired) electrons. The van der Waals surface area contributed by atoms with Gasteiger partial charge in [-0.05, 0) is 78.3 Å². The van der Waals surface area contributed by atoms with Gasteiger partial charge in [-0.25, -0.2) is 4.98 Å². The van der Waals surface area contributed by atoms with Crippen molar-refractivity contribution >= 4 is 17.6 Å². The minimum absolute atomic E-state index is 0.00173. The van der Waals surface area contributed by atoms with E-state index in [2.05, 4.69) is 44.0 Å². The van der Waals surface area contributed by atoms with E-state index >= 15 is 0 Å². The summed E-state index contributed by atoms with van der Waals surface area (Å²) < 4.78 is 5.26. The maximum atomic E-state index is 13.0. The molecule has 3 aromatic rings. The summed E-state index contributed by atoms with van der Waals surface area (Å²) in [5, 5.41) is 10.2. The first-order valence-electron chi connectivity index (χ1n) is 13.8. The lowest BCUT2D eigenvalue weighted by Gasteiger charge is -2.26. The number of amides is 2. The summed E-state index contributed by atoms with van der Waals surface area (Å²) in [6.07, 6.45) is 10.3. The lowest BCUT2D eigenvalue weighted by atomic mass is 9.80. The number of fused-ring (bicyclic) bond motifs is 1. The summed E-state index contributed by atoms with van der Waals surface area (Å²) in [5.74, 6) is 1.02. The first kappa shape index (κ1) is 24.8. The van der Waals surface area contributed by atoms with Crippen molar-refractivity contribution in [2.45, 2.75) is 83.6 Å². The Hall–Kier alpha value is -3.55. The number of benzene rings is 1. The first-order chi connectivity index (χ1) is 18.2. The Balaban J connectivity index is 1.18. The normalized spacial score (nSPS) is 21.7. The molecular formula is C30H35N5O3. The van der Waals surface area contributed by atoms with E-state index in [1.807, 2.05) is 32.9 Å². The molecule has 0 bridgehead atoms. The molecule has 8 nitrogen and oxygen atoms in total. The topological polar surface area (TPSA) is 110 Å².